The highest BCUT2D eigenvalue weighted by atomic mass is 35.5. The number of hydrogen-bond acceptors (Lipinski definition) is 4. The Morgan fingerprint density at radius 3 is 2.50 bits per heavy atom. The molecule has 0 saturated carbocycles. The van der Waals surface area contributed by atoms with Gasteiger partial charge in [-0.05, 0) is 25.0 Å². The fraction of sp³-hybridized carbons (Fsp3) is 0.500. The van der Waals surface area contributed by atoms with E-state index in [4.69, 9.17) is 11.6 Å². The summed E-state index contributed by atoms with van der Waals surface area (Å²) < 4.78 is 0. The van der Waals surface area contributed by atoms with Crippen LogP contribution in [0.25, 0.3) is 0 Å². The molecule has 2 rings (SSSR count). The summed E-state index contributed by atoms with van der Waals surface area (Å²) in [7, 11) is 0. The van der Waals surface area contributed by atoms with Crippen molar-refractivity contribution in [1.29, 1.82) is 0 Å². The number of nitrogens with one attached hydrogen (secondary N) is 1. The van der Waals surface area contributed by atoms with Gasteiger partial charge >= 0.3 is 0 Å². The maximum absolute atomic E-state index is 12.3. The smallest absolute Gasteiger partial charge is 0.289 e. The Kier molecular flexibility index (Phi) is 5.77. The molecule has 1 heterocycles. The van der Waals surface area contributed by atoms with Crippen LogP contribution in [0, 0.1) is 22.0 Å². The first-order chi connectivity index (χ1) is 11.3. The molecule has 24 heavy (non-hydrogen) atoms. The van der Waals surface area contributed by atoms with Gasteiger partial charge in [-0.25, -0.2) is 0 Å². The zero-order valence-corrected chi connectivity index (χ0v) is 14.4. The van der Waals surface area contributed by atoms with Gasteiger partial charge in [-0.3, -0.25) is 19.7 Å². The van der Waals surface area contributed by atoms with Crippen molar-refractivity contribution in [3.8, 4) is 0 Å². The second-order valence-corrected chi connectivity index (χ2v) is 6.57. The normalized spacial score (nSPS) is 15.4. The first kappa shape index (κ1) is 18.2. The molecule has 1 aliphatic rings. The van der Waals surface area contributed by atoms with Gasteiger partial charge in [-0.1, -0.05) is 25.4 Å². The zero-order chi connectivity index (χ0) is 17.9. The van der Waals surface area contributed by atoms with Gasteiger partial charge in [0, 0.05) is 36.7 Å². The molecule has 130 valence electrons. The Hall–Kier alpha value is -2.15. The topological polar surface area (TPSA) is 92.6 Å². The Morgan fingerprint density at radius 1 is 1.33 bits per heavy atom. The number of carbonyl (C=O) groups excluding carboxylic acids is 2. The molecule has 0 aliphatic carbocycles. The first-order valence-corrected chi connectivity index (χ1v) is 8.21. The number of nitro benzene ring substituents is 1. The molecule has 0 spiro atoms. The number of nitro groups is 1. The molecule has 0 radical (unpaired) electrons. The number of benzene rings is 1. The third-order valence-corrected chi connectivity index (χ3v) is 4.40. The lowest BCUT2D eigenvalue weighted by molar-refractivity contribution is -0.384. The van der Waals surface area contributed by atoms with Gasteiger partial charge in [0.25, 0.3) is 5.69 Å². The number of hydrogen-bond donors (Lipinski definition) is 1. The number of anilines is 1. The minimum Gasteiger partial charge on any atom is -0.342 e. The Labute approximate surface area is 145 Å². The predicted octanol–water partition coefficient (Wildman–Crippen LogP) is 3.08. The van der Waals surface area contributed by atoms with E-state index in [0.29, 0.717) is 31.6 Å². The van der Waals surface area contributed by atoms with E-state index < -0.39 is 4.92 Å². The van der Waals surface area contributed by atoms with Gasteiger partial charge < -0.3 is 10.2 Å². The SMILES string of the molecule is CC(C)C(=O)N1CCC(C(=O)Nc2ccc(Cl)c([N+](=O)[O-])c2)CC1. The van der Waals surface area contributed by atoms with Gasteiger partial charge in [0.2, 0.25) is 11.8 Å². The minimum atomic E-state index is -0.589. The third-order valence-electron chi connectivity index (χ3n) is 4.08. The molecule has 8 heteroatoms. The van der Waals surface area contributed by atoms with Crippen LogP contribution >= 0.6 is 11.6 Å². The number of piperidine rings is 1. The van der Waals surface area contributed by atoms with Crippen LogP contribution in [0.15, 0.2) is 18.2 Å². The molecular formula is C16H20ClN3O4. The molecule has 1 aliphatic heterocycles. The summed E-state index contributed by atoms with van der Waals surface area (Å²) in [4.78, 5) is 36.4. The monoisotopic (exact) mass is 353 g/mol. The second kappa shape index (κ2) is 7.61. The molecule has 7 nitrogen and oxygen atoms in total. The molecule has 0 unspecified atom stereocenters. The molecule has 2 amide bonds. The van der Waals surface area contributed by atoms with Crippen LogP contribution in [0.1, 0.15) is 26.7 Å². The number of rotatable bonds is 4. The lowest BCUT2D eigenvalue weighted by Crippen LogP contribution is -2.43. The van der Waals surface area contributed by atoms with Gasteiger partial charge in [0.05, 0.1) is 4.92 Å². The maximum atomic E-state index is 12.3. The summed E-state index contributed by atoms with van der Waals surface area (Å²) in [5, 5.41) is 13.6. The molecular weight excluding hydrogens is 334 g/mol. The summed E-state index contributed by atoms with van der Waals surface area (Å²) in [5.74, 6) is -0.355. The van der Waals surface area contributed by atoms with E-state index in [1.54, 1.807) is 4.90 Å². The molecule has 1 aromatic rings. The van der Waals surface area contributed by atoms with Crippen molar-refractivity contribution in [2.24, 2.45) is 11.8 Å². The lowest BCUT2D eigenvalue weighted by Gasteiger charge is -2.32. The van der Waals surface area contributed by atoms with Crippen LogP contribution in [0.5, 0.6) is 0 Å². The van der Waals surface area contributed by atoms with Crippen molar-refractivity contribution >= 4 is 34.8 Å². The van der Waals surface area contributed by atoms with Crippen molar-refractivity contribution in [1.82, 2.24) is 4.90 Å². The summed E-state index contributed by atoms with van der Waals surface area (Å²) in [5.41, 5.74) is 0.101. The van der Waals surface area contributed by atoms with Gasteiger partial charge in [-0.2, -0.15) is 0 Å². The second-order valence-electron chi connectivity index (χ2n) is 6.17. The number of carbonyl (C=O) groups is 2. The van der Waals surface area contributed by atoms with Crippen LogP contribution in [-0.4, -0.2) is 34.7 Å². The highest BCUT2D eigenvalue weighted by Gasteiger charge is 2.28. The highest BCUT2D eigenvalue weighted by molar-refractivity contribution is 6.32. The maximum Gasteiger partial charge on any atom is 0.289 e. The predicted molar refractivity (Wildman–Crippen MR) is 90.9 cm³/mol. The van der Waals surface area contributed by atoms with Crippen LogP contribution in [-0.2, 0) is 9.59 Å². The van der Waals surface area contributed by atoms with E-state index >= 15 is 0 Å². The number of amides is 2. The Bertz CT molecular complexity index is 655. The van der Waals surface area contributed by atoms with E-state index in [9.17, 15) is 19.7 Å². The van der Waals surface area contributed by atoms with E-state index in [1.807, 2.05) is 13.8 Å². The molecule has 1 saturated heterocycles. The molecule has 1 fully saturated rings. The first-order valence-electron chi connectivity index (χ1n) is 7.83. The van der Waals surface area contributed by atoms with E-state index in [2.05, 4.69) is 5.32 Å². The Morgan fingerprint density at radius 2 is 1.96 bits per heavy atom. The van der Waals surface area contributed by atoms with Crippen LogP contribution in [0.4, 0.5) is 11.4 Å². The highest BCUT2D eigenvalue weighted by Crippen LogP contribution is 2.28. The van der Waals surface area contributed by atoms with E-state index in [1.165, 1.54) is 18.2 Å². The van der Waals surface area contributed by atoms with Crippen molar-refractivity contribution in [3.05, 3.63) is 33.3 Å². The molecule has 0 bridgehead atoms. The van der Waals surface area contributed by atoms with Crippen molar-refractivity contribution in [2.75, 3.05) is 18.4 Å². The molecule has 0 aromatic heterocycles. The largest absolute Gasteiger partial charge is 0.342 e. The standard InChI is InChI=1S/C16H20ClN3O4/c1-10(2)16(22)19-7-5-11(6-8-19)15(21)18-12-3-4-13(17)14(9-12)20(23)24/h3-4,9-11H,5-8H2,1-2H3,(H,18,21). The van der Waals surface area contributed by atoms with Gasteiger partial charge in [-0.15, -0.1) is 0 Å². The zero-order valence-electron chi connectivity index (χ0n) is 13.6. The van der Waals surface area contributed by atoms with Crippen molar-refractivity contribution < 1.29 is 14.5 Å². The Balaban J connectivity index is 1.96. The third kappa shape index (κ3) is 4.23. The average Bonchev–Trinajstić information content (AvgIpc) is 2.55. The van der Waals surface area contributed by atoms with Crippen molar-refractivity contribution in [2.45, 2.75) is 26.7 Å². The quantitative estimate of drug-likeness (QED) is 0.665. The average molecular weight is 354 g/mol. The molecule has 1 N–H and O–H groups in total. The fourth-order valence-corrected chi connectivity index (χ4v) is 2.89. The fourth-order valence-electron chi connectivity index (χ4n) is 2.70. The summed E-state index contributed by atoms with van der Waals surface area (Å²) in [6, 6.07) is 4.17. The minimum absolute atomic E-state index is 0.0264. The van der Waals surface area contributed by atoms with Crippen LogP contribution in [0.3, 0.4) is 0 Å². The van der Waals surface area contributed by atoms with E-state index in [0.717, 1.165) is 0 Å². The number of likely N-dealkylation sites (tertiary alicyclic amines) is 1. The lowest BCUT2D eigenvalue weighted by atomic mass is 9.95. The summed E-state index contributed by atoms with van der Waals surface area (Å²) in [6.07, 6.45) is 1.17. The summed E-state index contributed by atoms with van der Waals surface area (Å²) >= 11 is 5.76. The van der Waals surface area contributed by atoms with Gasteiger partial charge in [0.1, 0.15) is 5.02 Å². The number of nitrogens with zero attached hydrogens (tertiary/aromatic N) is 2. The number of halogens is 1. The van der Waals surface area contributed by atoms with Crippen LogP contribution in [0.2, 0.25) is 5.02 Å². The van der Waals surface area contributed by atoms with Crippen molar-refractivity contribution in [3.63, 3.8) is 0 Å². The molecule has 1 aromatic carbocycles. The van der Waals surface area contributed by atoms with Crippen LogP contribution < -0.4 is 5.32 Å². The van der Waals surface area contributed by atoms with Gasteiger partial charge in [0.15, 0.2) is 0 Å². The van der Waals surface area contributed by atoms with E-state index in [-0.39, 0.29) is 34.4 Å². The molecule has 0 atom stereocenters. The summed E-state index contributed by atoms with van der Waals surface area (Å²) in [6.45, 7) is 4.81.